The molecule has 0 aromatic rings. The zero-order chi connectivity index (χ0) is 6.20. The Bertz CT molecular complexity index is 120. The lowest BCUT2D eigenvalue weighted by Crippen LogP contribution is -2.43. The Morgan fingerprint density at radius 1 is 1.88 bits per heavy atom. The van der Waals surface area contributed by atoms with E-state index in [0.29, 0.717) is 0 Å². The number of amides is 1. The van der Waals surface area contributed by atoms with Gasteiger partial charge >= 0.3 is 0 Å². The first-order valence-corrected chi connectivity index (χ1v) is 2.70. The Morgan fingerprint density at radius 2 is 2.50 bits per heavy atom. The van der Waals surface area contributed by atoms with Gasteiger partial charge in [0, 0.05) is 6.54 Å². The number of nitrogens with one attached hydrogen (secondary N) is 1. The highest BCUT2D eigenvalue weighted by atomic mass is 16.2. The van der Waals surface area contributed by atoms with Crippen LogP contribution in [0.3, 0.4) is 0 Å². The standard InChI is InChI=1S/C5H10N2O/c1-5(6)2-3-7-4(5)8/h2-3,6H2,1H3,(H,7,8). The van der Waals surface area contributed by atoms with Crippen LogP contribution in [0.15, 0.2) is 0 Å². The normalized spacial score (nSPS) is 37.5. The van der Waals surface area contributed by atoms with Crippen LogP contribution in [0, 0.1) is 0 Å². The summed E-state index contributed by atoms with van der Waals surface area (Å²) in [6.07, 6.45) is 0.756. The Morgan fingerprint density at radius 3 is 2.62 bits per heavy atom. The average molecular weight is 114 g/mol. The predicted octanol–water partition coefficient (Wildman–Crippen LogP) is -0.776. The Balaban J connectivity index is 2.68. The molecule has 1 aliphatic heterocycles. The minimum atomic E-state index is -0.597. The molecule has 1 atom stereocenters. The highest BCUT2D eigenvalue weighted by molar-refractivity contribution is 5.87. The number of carbonyl (C=O) groups excluding carboxylic acids is 1. The van der Waals surface area contributed by atoms with Crippen LogP contribution in [0.2, 0.25) is 0 Å². The van der Waals surface area contributed by atoms with E-state index in [-0.39, 0.29) is 5.91 Å². The topological polar surface area (TPSA) is 55.1 Å². The summed E-state index contributed by atoms with van der Waals surface area (Å²) in [6, 6.07) is 0. The number of nitrogens with two attached hydrogens (primary N) is 1. The van der Waals surface area contributed by atoms with Crippen molar-refractivity contribution in [3.63, 3.8) is 0 Å². The van der Waals surface area contributed by atoms with E-state index in [1.54, 1.807) is 6.92 Å². The Labute approximate surface area is 48.2 Å². The van der Waals surface area contributed by atoms with Crippen molar-refractivity contribution >= 4 is 5.91 Å². The van der Waals surface area contributed by atoms with Crippen LogP contribution >= 0.6 is 0 Å². The number of rotatable bonds is 0. The van der Waals surface area contributed by atoms with Gasteiger partial charge in [-0.05, 0) is 13.3 Å². The van der Waals surface area contributed by atoms with Crippen LogP contribution in [-0.4, -0.2) is 18.0 Å². The van der Waals surface area contributed by atoms with E-state index in [9.17, 15) is 4.79 Å². The fourth-order valence-corrected chi connectivity index (χ4v) is 0.751. The Kier molecular flexibility index (Phi) is 1.01. The third-order valence-corrected chi connectivity index (χ3v) is 1.45. The third-order valence-electron chi connectivity index (χ3n) is 1.45. The van der Waals surface area contributed by atoms with Crippen molar-refractivity contribution in [2.24, 2.45) is 5.73 Å². The number of carbonyl (C=O) groups is 1. The highest BCUT2D eigenvalue weighted by Gasteiger charge is 2.32. The average Bonchev–Trinajstić information content (AvgIpc) is 1.86. The van der Waals surface area contributed by atoms with Crippen LogP contribution in [0.25, 0.3) is 0 Å². The van der Waals surface area contributed by atoms with Crippen LogP contribution in [0.4, 0.5) is 0 Å². The van der Waals surface area contributed by atoms with Gasteiger partial charge in [0.1, 0.15) is 0 Å². The van der Waals surface area contributed by atoms with Gasteiger partial charge in [-0.25, -0.2) is 0 Å². The minimum absolute atomic E-state index is 0.0301. The van der Waals surface area contributed by atoms with Gasteiger partial charge in [0.15, 0.2) is 0 Å². The monoisotopic (exact) mass is 114 g/mol. The summed E-state index contributed by atoms with van der Waals surface area (Å²) >= 11 is 0. The summed E-state index contributed by atoms with van der Waals surface area (Å²) in [5, 5.41) is 2.65. The molecule has 3 heteroatoms. The Hall–Kier alpha value is -0.570. The quantitative estimate of drug-likeness (QED) is 0.434. The fourth-order valence-electron chi connectivity index (χ4n) is 0.751. The molecule has 0 saturated carbocycles. The van der Waals surface area contributed by atoms with Gasteiger partial charge in [-0.3, -0.25) is 4.79 Å². The summed E-state index contributed by atoms with van der Waals surface area (Å²) in [4.78, 5) is 10.7. The molecule has 0 aromatic carbocycles. The van der Waals surface area contributed by atoms with Gasteiger partial charge in [0.2, 0.25) is 5.91 Å². The smallest absolute Gasteiger partial charge is 0.239 e. The lowest BCUT2D eigenvalue weighted by Gasteiger charge is -2.10. The van der Waals surface area contributed by atoms with E-state index in [4.69, 9.17) is 5.73 Å². The molecule has 1 heterocycles. The predicted molar refractivity (Wildman–Crippen MR) is 30.2 cm³/mol. The van der Waals surface area contributed by atoms with Crippen molar-refractivity contribution in [1.82, 2.24) is 5.32 Å². The van der Waals surface area contributed by atoms with E-state index in [1.165, 1.54) is 0 Å². The lowest BCUT2D eigenvalue weighted by molar-refractivity contribution is -0.123. The molecular formula is C5H10N2O. The van der Waals surface area contributed by atoms with Crippen molar-refractivity contribution in [2.75, 3.05) is 6.54 Å². The van der Waals surface area contributed by atoms with Crippen molar-refractivity contribution < 1.29 is 4.79 Å². The molecule has 0 bridgehead atoms. The van der Waals surface area contributed by atoms with Crippen molar-refractivity contribution in [2.45, 2.75) is 18.9 Å². The molecule has 0 spiro atoms. The van der Waals surface area contributed by atoms with E-state index < -0.39 is 5.54 Å². The number of hydrogen-bond donors (Lipinski definition) is 2. The first-order valence-electron chi connectivity index (χ1n) is 2.70. The largest absolute Gasteiger partial charge is 0.354 e. The van der Waals surface area contributed by atoms with Crippen molar-refractivity contribution in [3.8, 4) is 0 Å². The zero-order valence-electron chi connectivity index (χ0n) is 4.90. The highest BCUT2D eigenvalue weighted by Crippen LogP contribution is 2.09. The van der Waals surface area contributed by atoms with Gasteiger partial charge in [-0.15, -0.1) is 0 Å². The van der Waals surface area contributed by atoms with E-state index >= 15 is 0 Å². The molecule has 3 N–H and O–H groups in total. The molecule has 1 unspecified atom stereocenters. The molecule has 1 aliphatic rings. The molecule has 1 saturated heterocycles. The molecule has 3 nitrogen and oxygen atoms in total. The van der Waals surface area contributed by atoms with Crippen LogP contribution in [-0.2, 0) is 4.79 Å². The molecule has 1 fully saturated rings. The summed E-state index contributed by atoms with van der Waals surface area (Å²) in [6.45, 7) is 2.47. The second kappa shape index (κ2) is 1.45. The molecule has 46 valence electrons. The second-order valence-corrected chi connectivity index (χ2v) is 2.42. The summed E-state index contributed by atoms with van der Waals surface area (Å²) in [7, 11) is 0. The first kappa shape index (κ1) is 5.56. The third kappa shape index (κ3) is 0.690. The van der Waals surface area contributed by atoms with Crippen LogP contribution in [0.1, 0.15) is 13.3 Å². The van der Waals surface area contributed by atoms with Gasteiger partial charge in [-0.2, -0.15) is 0 Å². The SMILES string of the molecule is CC1(N)CCNC1=O. The maximum Gasteiger partial charge on any atom is 0.239 e. The zero-order valence-corrected chi connectivity index (χ0v) is 4.90. The van der Waals surface area contributed by atoms with E-state index in [0.717, 1.165) is 13.0 Å². The second-order valence-electron chi connectivity index (χ2n) is 2.42. The molecule has 0 radical (unpaired) electrons. The molecular weight excluding hydrogens is 104 g/mol. The van der Waals surface area contributed by atoms with E-state index in [1.807, 2.05) is 0 Å². The van der Waals surface area contributed by atoms with Gasteiger partial charge < -0.3 is 11.1 Å². The van der Waals surface area contributed by atoms with Crippen molar-refractivity contribution in [1.29, 1.82) is 0 Å². The van der Waals surface area contributed by atoms with Crippen LogP contribution < -0.4 is 11.1 Å². The van der Waals surface area contributed by atoms with Crippen LogP contribution in [0.5, 0.6) is 0 Å². The lowest BCUT2D eigenvalue weighted by atomic mass is 10.0. The summed E-state index contributed by atoms with van der Waals surface area (Å²) in [5.41, 5.74) is 4.91. The first-order chi connectivity index (χ1) is 3.63. The number of hydrogen-bond acceptors (Lipinski definition) is 2. The molecule has 8 heavy (non-hydrogen) atoms. The van der Waals surface area contributed by atoms with Gasteiger partial charge in [0.05, 0.1) is 5.54 Å². The molecule has 1 rings (SSSR count). The maximum atomic E-state index is 10.7. The molecule has 0 aromatic heterocycles. The van der Waals surface area contributed by atoms with E-state index in [2.05, 4.69) is 5.32 Å². The minimum Gasteiger partial charge on any atom is -0.354 e. The fraction of sp³-hybridized carbons (Fsp3) is 0.800. The summed E-state index contributed by atoms with van der Waals surface area (Å²) < 4.78 is 0. The van der Waals surface area contributed by atoms with Gasteiger partial charge in [-0.1, -0.05) is 0 Å². The van der Waals surface area contributed by atoms with Gasteiger partial charge in [0.25, 0.3) is 0 Å². The molecule has 1 amide bonds. The maximum absolute atomic E-state index is 10.7. The molecule has 0 aliphatic carbocycles. The van der Waals surface area contributed by atoms with Crippen molar-refractivity contribution in [3.05, 3.63) is 0 Å². The summed E-state index contributed by atoms with van der Waals surface area (Å²) in [5.74, 6) is -0.0301.